The smallest absolute Gasteiger partial charge is 0.252 e. The molecule has 4 rings (SSSR count). The van der Waals surface area contributed by atoms with Crippen molar-refractivity contribution in [2.24, 2.45) is 0 Å². The molecule has 1 heterocycles. The molecule has 1 unspecified atom stereocenters. The monoisotopic (exact) mass is 545 g/mol. The van der Waals surface area contributed by atoms with Crippen molar-refractivity contribution in [1.82, 2.24) is 14.9 Å². The number of imidazole rings is 1. The molecule has 0 spiro atoms. The molecular formula is C31H35N3O6. The summed E-state index contributed by atoms with van der Waals surface area (Å²) in [6, 6.07) is 16.5. The number of hydrogen-bond acceptors (Lipinski definition) is 7. The van der Waals surface area contributed by atoms with Gasteiger partial charge in [-0.15, -0.1) is 6.58 Å². The summed E-state index contributed by atoms with van der Waals surface area (Å²) in [5, 5.41) is 3.06. The van der Waals surface area contributed by atoms with Gasteiger partial charge in [-0.1, -0.05) is 24.3 Å². The van der Waals surface area contributed by atoms with E-state index < -0.39 is 6.04 Å². The van der Waals surface area contributed by atoms with Crippen LogP contribution in [0.5, 0.6) is 28.7 Å². The lowest BCUT2D eigenvalue weighted by atomic mass is 10.1. The summed E-state index contributed by atoms with van der Waals surface area (Å²) < 4.78 is 29.9. The summed E-state index contributed by atoms with van der Waals surface area (Å²) in [5.41, 5.74) is 3.25. The number of allylic oxidation sites excluding steroid dienone is 1. The number of carbonyl (C=O) groups is 1. The summed E-state index contributed by atoms with van der Waals surface area (Å²) in [7, 11) is 6.17. The molecule has 0 saturated heterocycles. The van der Waals surface area contributed by atoms with Crippen molar-refractivity contribution in [1.29, 1.82) is 0 Å². The van der Waals surface area contributed by atoms with Crippen LogP contribution in [0.1, 0.15) is 34.7 Å². The Kier molecular flexibility index (Phi) is 9.16. The highest BCUT2D eigenvalue weighted by molar-refractivity contribution is 5.96. The molecule has 1 N–H and O–H groups in total. The topological polar surface area (TPSA) is 93.1 Å². The highest BCUT2D eigenvalue weighted by Crippen LogP contribution is 2.38. The van der Waals surface area contributed by atoms with Crippen molar-refractivity contribution >= 4 is 16.9 Å². The third kappa shape index (κ3) is 5.98. The van der Waals surface area contributed by atoms with Crippen LogP contribution in [0.3, 0.4) is 0 Å². The van der Waals surface area contributed by atoms with E-state index in [0.717, 1.165) is 23.0 Å². The Bertz CT molecular complexity index is 1470. The van der Waals surface area contributed by atoms with Crippen molar-refractivity contribution in [2.75, 3.05) is 35.0 Å². The van der Waals surface area contributed by atoms with Crippen LogP contribution in [-0.2, 0) is 13.0 Å². The summed E-state index contributed by atoms with van der Waals surface area (Å²) >= 11 is 0. The average Bonchev–Trinajstić information content (AvgIpc) is 3.35. The predicted octanol–water partition coefficient (Wildman–Crippen LogP) is 5.37. The first-order valence-electron chi connectivity index (χ1n) is 12.9. The molecule has 0 aliphatic heterocycles. The summed E-state index contributed by atoms with van der Waals surface area (Å²) in [6.45, 7) is 6.58. The zero-order valence-electron chi connectivity index (χ0n) is 23.5. The Morgan fingerprint density at radius 1 is 0.950 bits per heavy atom. The molecule has 1 aromatic heterocycles. The van der Waals surface area contributed by atoms with E-state index in [9.17, 15) is 4.79 Å². The van der Waals surface area contributed by atoms with Crippen molar-refractivity contribution in [3.63, 3.8) is 0 Å². The van der Waals surface area contributed by atoms with Gasteiger partial charge in [0.05, 0.1) is 52.1 Å². The van der Waals surface area contributed by atoms with Crippen LogP contribution in [0.15, 0.2) is 67.3 Å². The molecule has 0 saturated carbocycles. The predicted molar refractivity (Wildman–Crippen MR) is 154 cm³/mol. The van der Waals surface area contributed by atoms with Gasteiger partial charge in [-0.05, 0) is 55.3 Å². The molecule has 210 valence electrons. The molecule has 9 nitrogen and oxygen atoms in total. The summed E-state index contributed by atoms with van der Waals surface area (Å²) in [4.78, 5) is 18.1. The summed E-state index contributed by atoms with van der Waals surface area (Å²) in [5.74, 6) is 2.95. The van der Waals surface area contributed by atoms with Gasteiger partial charge in [-0.2, -0.15) is 0 Å². The van der Waals surface area contributed by atoms with E-state index in [-0.39, 0.29) is 5.91 Å². The Labute approximate surface area is 234 Å². The molecule has 4 aromatic rings. The Hall–Kier alpha value is -4.66. The SMILES string of the molecule is C=CCc1ccc(OCCn2c(C(C)NC(=O)c3cc(OC)c(OC)c(OC)c3)nc3ccccc32)c(OC)c1. The number of aromatic nitrogens is 2. The van der Waals surface area contributed by atoms with Crippen LogP contribution < -0.4 is 29.0 Å². The van der Waals surface area contributed by atoms with E-state index in [1.165, 1.54) is 21.3 Å². The molecule has 40 heavy (non-hydrogen) atoms. The van der Waals surface area contributed by atoms with Crippen LogP contribution in [0, 0.1) is 0 Å². The number of ether oxygens (including phenoxy) is 5. The van der Waals surface area contributed by atoms with Crippen molar-refractivity contribution < 1.29 is 28.5 Å². The third-order valence-corrected chi connectivity index (χ3v) is 6.53. The number of amides is 1. The number of benzene rings is 3. The van der Waals surface area contributed by atoms with E-state index in [4.69, 9.17) is 28.7 Å². The van der Waals surface area contributed by atoms with E-state index >= 15 is 0 Å². The zero-order chi connectivity index (χ0) is 28.6. The maximum Gasteiger partial charge on any atom is 0.252 e. The quantitative estimate of drug-likeness (QED) is 0.226. The number of fused-ring (bicyclic) bond motifs is 1. The molecule has 9 heteroatoms. The van der Waals surface area contributed by atoms with Gasteiger partial charge in [0.1, 0.15) is 12.4 Å². The normalized spacial score (nSPS) is 11.5. The average molecular weight is 546 g/mol. The Morgan fingerprint density at radius 3 is 2.30 bits per heavy atom. The van der Waals surface area contributed by atoms with Crippen LogP contribution in [0.25, 0.3) is 11.0 Å². The molecule has 3 aromatic carbocycles. The van der Waals surface area contributed by atoms with Gasteiger partial charge < -0.3 is 33.6 Å². The number of rotatable bonds is 13. The zero-order valence-corrected chi connectivity index (χ0v) is 23.5. The van der Waals surface area contributed by atoms with Gasteiger partial charge in [-0.25, -0.2) is 4.98 Å². The lowest BCUT2D eigenvalue weighted by Gasteiger charge is -2.18. The van der Waals surface area contributed by atoms with Crippen molar-refractivity contribution in [2.45, 2.75) is 25.9 Å². The van der Waals surface area contributed by atoms with E-state index in [2.05, 4.69) is 16.5 Å². The van der Waals surface area contributed by atoms with E-state index in [1.54, 1.807) is 19.2 Å². The number of nitrogens with zero attached hydrogens (tertiary/aromatic N) is 2. The number of para-hydroxylation sites is 2. The molecular weight excluding hydrogens is 510 g/mol. The van der Waals surface area contributed by atoms with E-state index in [1.807, 2.05) is 55.5 Å². The lowest BCUT2D eigenvalue weighted by molar-refractivity contribution is 0.0936. The largest absolute Gasteiger partial charge is 0.493 e. The maximum absolute atomic E-state index is 13.3. The fourth-order valence-corrected chi connectivity index (χ4v) is 4.59. The van der Waals surface area contributed by atoms with Crippen LogP contribution in [0.4, 0.5) is 0 Å². The third-order valence-electron chi connectivity index (χ3n) is 6.53. The number of carbonyl (C=O) groups excluding carboxylic acids is 1. The Morgan fingerprint density at radius 2 is 1.65 bits per heavy atom. The maximum atomic E-state index is 13.3. The van der Waals surface area contributed by atoms with E-state index in [0.29, 0.717) is 53.3 Å². The summed E-state index contributed by atoms with van der Waals surface area (Å²) in [6.07, 6.45) is 2.60. The fraction of sp³-hybridized carbons (Fsp3) is 0.290. The van der Waals surface area contributed by atoms with Crippen LogP contribution >= 0.6 is 0 Å². The van der Waals surface area contributed by atoms with Crippen molar-refractivity contribution in [3.05, 3.63) is 84.2 Å². The number of methoxy groups -OCH3 is 4. The first-order chi connectivity index (χ1) is 19.4. The van der Waals surface area contributed by atoms with Gasteiger partial charge in [0.2, 0.25) is 5.75 Å². The van der Waals surface area contributed by atoms with Gasteiger partial charge in [0.15, 0.2) is 23.0 Å². The molecule has 0 aliphatic carbocycles. The highest BCUT2D eigenvalue weighted by Gasteiger charge is 2.22. The standard InChI is InChI=1S/C31H35N3O6/c1-7-10-21-13-14-25(26(17-21)36-3)40-16-15-34-24-12-9-8-11-23(24)33-30(34)20(2)32-31(35)22-18-27(37-4)29(39-6)28(19-22)38-5/h7-9,11-14,17-20H,1,10,15-16H2,2-6H3,(H,32,35). The second-order valence-corrected chi connectivity index (χ2v) is 9.05. The van der Waals surface area contributed by atoms with Gasteiger partial charge in [0, 0.05) is 5.56 Å². The van der Waals surface area contributed by atoms with Crippen LogP contribution in [-0.4, -0.2) is 50.5 Å². The molecule has 1 atom stereocenters. The molecule has 0 bridgehead atoms. The first-order valence-corrected chi connectivity index (χ1v) is 12.9. The Balaban J connectivity index is 1.55. The minimum atomic E-state index is -0.410. The number of nitrogens with one attached hydrogen (secondary N) is 1. The molecule has 0 radical (unpaired) electrons. The first kappa shape index (κ1) is 28.4. The van der Waals surface area contributed by atoms with Gasteiger partial charge >= 0.3 is 0 Å². The minimum Gasteiger partial charge on any atom is -0.493 e. The second-order valence-electron chi connectivity index (χ2n) is 9.05. The second kappa shape index (κ2) is 12.9. The molecule has 0 fully saturated rings. The lowest BCUT2D eigenvalue weighted by Crippen LogP contribution is -2.29. The van der Waals surface area contributed by atoms with Crippen LogP contribution in [0.2, 0.25) is 0 Å². The molecule has 1 amide bonds. The highest BCUT2D eigenvalue weighted by atomic mass is 16.5. The molecule has 0 aliphatic rings. The fourth-order valence-electron chi connectivity index (χ4n) is 4.59. The number of hydrogen-bond donors (Lipinski definition) is 1. The van der Waals surface area contributed by atoms with Gasteiger partial charge in [-0.3, -0.25) is 4.79 Å². The van der Waals surface area contributed by atoms with Gasteiger partial charge in [0.25, 0.3) is 5.91 Å². The minimum absolute atomic E-state index is 0.300. The van der Waals surface area contributed by atoms with Crippen molar-refractivity contribution in [3.8, 4) is 28.7 Å².